The lowest BCUT2D eigenvalue weighted by Crippen LogP contribution is -2.22. The molecule has 0 aliphatic heterocycles. The maximum atomic E-state index is 12.4. The quantitative estimate of drug-likeness (QED) is 0.391. The van der Waals surface area contributed by atoms with Gasteiger partial charge in [-0.15, -0.1) is 0 Å². The van der Waals surface area contributed by atoms with E-state index in [-0.39, 0.29) is 22.1 Å². The van der Waals surface area contributed by atoms with Crippen LogP contribution in [0.1, 0.15) is 46.9 Å². The SMILES string of the molecule is CCCCn1nc(C)c(C(=O)OCC(=O)Nc2c([N+](=O)[O-])ccc(C)c2C)c1Cl. The van der Waals surface area contributed by atoms with Gasteiger partial charge in [0.25, 0.3) is 11.6 Å². The van der Waals surface area contributed by atoms with Gasteiger partial charge in [0.1, 0.15) is 16.4 Å². The van der Waals surface area contributed by atoms with E-state index in [1.54, 1.807) is 26.8 Å². The zero-order chi connectivity index (χ0) is 21.7. The first-order valence-electron chi connectivity index (χ1n) is 9.11. The summed E-state index contributed by atoms with van der Waals surface area (Å²) in [7, 11) is 0. The van der Waals surface area contributed by atoms with Crippen LogP contribution in [0.5, 0.6) is 0 Å². The summed E-state index contributed by atoms with van der Waals surface area (Å²) in [5, 5.41) is 18.1. The van der Waals surface area contributed by atoms with Crippen LogP contribution in [-0.2, 0) is 16.1 Å². The maximum absolute atomic E-state index is 12.4. The summed E-state index contributed by atoms with van der Waals surface area (Å²) in [4.78, 5) is 35.3. The molecular weight excluding hydrogens is 400 g/mol. The van der Waals surface area contributed by atoms with Crippen LogP contribution in [0.25, 0.3) is 0 Å². The number of anilines is 1. The molecule has 156 valence electrons. The second kappa shape index (κ2) is 9.51. The van der Waals surface area contributed by atoms with E-state index in [2.05, 4.69) is 10.4 Å². The van der Waals surface area contributed by atoms with Crippen molar-refractivity contribution in [3.8, 4) is 0 Å². The topological polar surface area (TPSA) is 116 Å². The molecule has 1 N–H and O–H groups in total. The van der Waals surface area contributed by atoms with Crippen molar-refractivity contribution in [2.45, 2.75) is 47.1 Å². The fraction of sp³-hybridized carbons (Fsp3) is 0.421. The van der Waals surface area contributed by atoms with Crippen LogP contribution in [0.15, 0.2) is 12.1 Å². The molecule has 0 saturated heterocycles. The first kappa shape index (κ1) is 22.4. The van der Waals surface area contributed by atoms with Crippen LogP contribution >= 0.6 is 11.6 Å². The molecule has 0 radical (unpaired) electrons. The van der Waals surface area contributed by atoms with Crippen molar-refractivity contribution < 1.29 is 19.2 Å². The summed E-state index contributed by atoms with van der Waals surface area (Å²) < 4.78 is 6.58. The molecule has 1 heterocycles. The van der Waals surface area contributed by atoms with E-state index in [4.69, 9.17) is 16.3 Å². The highest BCUT2D eigenvalue weighted by molar-refractivity contribution is 6.32. The number of halogens is 1. The number of unbranched alkanes of at least 4 members (excludes halogenated alkanes) is 1. The molecule has 0 fully saturated rings. The standard InChI is InChI=1S/C19H23ClN4O5/c1-5-6-9-23-18(20)16(13(4)22-23)19(26)29-10-15(25)21-17-12(3)11(2)7-8-14(17)24(27)28/h7-8H,5-6,9-10H2,1-4H3,(H,21,25). The van der Waals surface area contributed by atoms with Gasteiger partial charge in [-0.05, 0) is 38.3 Å². The molecule has 10 heteroatoms. The number of ether oxygens (including phenoxy) is 1. The van der Waals surface area contributed by atoms with Gasteiger partial charge in [0.15, 0.2) is 6.61 Å². The Morgan fingerprint density at radius 1 is 1.31 bits per heavy atom. The monoisotopic (exact) mass is 422 g/mol. The van der Waals surface area contributed by atoms with Crippen molar-refractivity contribution >= 4 is 34.9 Å². The molecule has 0 spiro atoms. The summed E-state index contributed by atoms with van der Waals surface area (Å²) in [5.74, 6) is -1.47. The normalized spacial score (nSPS) is 10.7. The molecule has 0 aliphatic rings. The van der Waals surface area contributed by atoms with Gasteiger partial charge in [-0.2, -0.15) is 5.10 Å². The Morgan fingerprint density at radius 3 is 2.62 bits per heavy atom. The molecule has 2 rings (SSSR count). The summed E-state index contributed by atoms with van der Waals surface area (Å²) in [6, 6.07) is 2.92. The average Bonchev–Trinajstić information content (AvgIpc) is 2.95. The smallest absolute Gasteiger partial charge is 0.343 e. The van der Waals surface area contributed by atoms with Gasteiger partial charge in [-0.1, -0.05) is 31.0 Å². The van der Waals surface area contributed by atoms with E-state index < -0.39 is 23.4 Å². The Labute approximate surface area is 173 Å². The van der Waals surface area contributed by atoms with Gasteiger partial charge in [0, 0.05) is 12.6 Å². The van der Waals surface area contributed by atoms with Crippen molar-refractivity contribution in [1.29, 1.82) is 0 Å². The summed E-state index contributed by atoms with van der Waals surface area (Å²) >= 11 is 6.22. The molecule has 9 nitrogen and oxygen atoms in total. The van der Waals surface area contributed by atoms with Crippen molar-refractivity contribution in [2.24, 2.45) is 0 Å². The Kier molecular flexibility index (Phi) is 7.33. The highest BCUT2D eigenvalue weighted by Gasteiger charge is 2.24. The van der Waals surface area contributed by atoms with Crippen LogP contribution in [0.4, 0.5) is 11.4 Å². The van der Waals surface area contributed by atoms with Crippen molar-refractivity contribution in [3.05, 3.63) is 49.8 Å². The lowest BCUT2D eigenvalue weighted by Gasteiger charge is -2.11. The first-order chi connectivity index (χ1) is 13.7. The average molecular weight is 423 g/mol. The number of nitro benzene ring substituents is 1. The Bertz CT molecular complexity index is 955. The third-order valence-electron chi connectivity index (χ3n) is 4.50. The number of aryl methyl sites for hydroxylation is 3. The van der Waals surface area contributed by atoms with Gasteiger partial charge in [0.05, 0.1) is 10.6 Å². The minimum atomic E-state index is -0.777. The minimum Gasteiger partial charge on any atom is -0.452 e. The van der Waals surface area contributed by atoms with Gasteiger partial charge in [-0.25, -0.2) is 4.79 Å². The molecule has 0 unspecified atom stereocenters. The molecule has 1 aromatic carbocycles. The largest absolute Gasteiger partial charge is 0.452 e. The van der Waals surface area contributed by atoms with Crippen molar-refractivity contribution in [3.63, 3.8) is 0 Å². The van der Waals surface area contributed by atoms with Gasteiger partial charge in [0.2, 0.25) is 0 Å². The number of aromatic nitrogens is 2. The van der Waals surface area contributed by atoms with Crippen LogP contribution < -0.4 is 5.32 Å². The number of carbonyl (C=O) groups excluding carboxylic acids is 2. The van der Waals surface area contributed by atoms with Crippen LogP contribution in [0, 0.1) is 30.9 Å². The number of nitrogens with one attached hydrogen (secondary N) is 1. The fourth-order valence-electron chi connectivity index (χ4n) is 2.73. The van der Waals surface area contributed by atoms with E-state index in [1.807, 2.05) is 6.92 Å². The number of esters is 1. The third-order valence-corrected chi connectivity index (χ3v) is 4.89. The van der Waals surface area contributed by atoms with Gasteiger partial charge >= 0.3 is 5.97 Å². The lowest BCUT2D eigenvalue weighted by atomic mass is 10.1. The zero-order valence-electron chi connectivity index (χ0n) is 16.7. The molecule has 1 amide bonds. The summed E-state index contributed by atoms with van der Waals surface area (Å²) in [6.45, 7) is 7.05. The van der Waals surface area contributed by atoms with Gasteiger partial charge < -0.3 is 10.1 Å². The second-order valence-electron chi connectivity index (χ2n) is 6.61. The molecule has 29 heavy (non-hydrogen) atoms. The Morgan fingerprint density at radius 2 is 2.00 bits per heavy atom. The number of carbonyl (C=O) groups is 2. The van der Waals surface area contributed by atoms with E-state index in [1.165, 1.54) is 10.7 Å². The number of rotatable bonds is 8. The lowest BCUT2D eigenvalue weighted by molar-refractivity contribution is -0.384. The molecule has 1 aromatic heterocycles. The predicted octanol–water partition coefficient (Wildman–Crippen LogP) is 3.97. The molecular formula is C19H23ClN4O5. The van der Waals surface area contributed by atoms with Crippen LogP contribution in [-0.4, -0.2) is 33.2 Å². The maximum Gasteiger partial charge on any atom is 0.343 e. The number of nitrogens with zero attached hydrogens (tertiary/aromatic N) is 3. The Balaban J connectivity index is 2.09. The number of hydrogen-bond acceptors (Lipinski definition) is 6. The van der Waals surface area contributed by atoms with E-state index >= 15 is 0 Å². The highest BCUT2D eigenvalue weighted by Crippen LogP contribution is 2.30. The number of hydrogen-bond donors (Lipinski definition) is 1. The molecule has 0 saturated carbocycles. The predicted molar refractivity (Wildman–Crippen MR) is 108 cm³/mol. The first-order valence-corrected chi connectivity index (χ1v) is 9.49. The molecule has 0 bridgehead atoms. The van der Waals surface area contributed by atoms with Crippen LogP contribution in [0.2, 0.25) is 5.15 Å². The summed E-state index contributed by atoms with van der Waals surface area (Å²) in [5.41, 5.74) is 1.70. The molecule has 0 atom stereocenters. The highest BCUT2D eigenvalue weighted by atomic mass is 35.5. The molecule has 0 aliphatic carbocycles. The number of benzene rings is 1. The second-order valence-corrected chi connectivity index (χ2v) is 6.97. The van der Waals surface area contributed by atoms with Gasteiger partial charge in [-0.3, -0.25) is 19.6 Å². The fourth-order valence-corrected chi connectivity index (χ4v) is 3.07. The number of amides is 1. The van der Waals surface area contributed by atoms with Crippen molar-refractivity contribution in [2.75, 3.05) is 11.9 Å². The van der Waals surface area contributed by atoms with E-state index in [0.717, 1.165) is 18.4 Å². The third kappa shape index (κ3) is 5.11. The van der Waals surface area contributed by atoms with E-state index in [9.17, 15) is 19.7 Å². The minimum absolute atomic E-state index is 0.0812. The number of nitro groups is 1. The van der Waals surface area contributed by atoms with Crippen LogP contribution in [0.3, 0.4) is 0 Å². The van der Waals surface area contributed by atoms with Crippen molar-refractivity contribution in [1.82, 2.24) is 9.78 Å². The molecule has 2 aromatic rings. The Hall–Kier alpha value is -2.94. The zero-order valence-corrected chi connectivity index (χ0v) is 17.5. The van der Waals surface area contributed by atoms with E-state index in [0.29, 0.717) is 17.8 Å². The summed E-state index contributed by atoms with van der Waals surface area (Å²) in [6.07, 6.45) is 1.80.